The third-order valence-corrected chi connectivity index (χ3v) is 5.82. The summed E-state index contributed by atoms with van der Waals surface area (Å²) in [7, 11) is 0. The molecule has 1 aliphatic heterocycles. The molecule has 30 heavy (non-hydrogen) atoms. The third-order valence-electron chi connectivity index (χ3n) is 5.82. The summed E-state index contributed by atoms with van der Waals surface area (Å²) in [5, 5.41) is 0. The predicted octanol–water partition coefficient (Wildman–Crippen LogP) is 5.55. The van der Waals surface area contributed by atoms with Crippen molar-refractivity contribution in [3.05, 3.63) is 101 Å². The first-order valence-electron chi connectivity index (χ1n) is 10.6. The fourth-order valence-electron chi connectivity index (χ4n) is 4.24. The van der Waals surface area contributed by atoms with Crippen LogP contribution in [0.4, 0.5) is 4.39 Å². The van der Waals surface area contributed by atoms with Crippen LogP contribution in [0.2, 0.25) is 0 Å². The summed E-state index contributed by atoms with van der Waals surface area (Å²) in [5.74, 6) is 0.741. The molecule has 0 amide bonds. The summed E-state index contributed by atoms with van der Waals surface area (Å²) in [6.07, 6.45) is 0.0971. The Morgan fingerprint density at radius 1 is 0.833 bits per heavy atom. The van der Waals surface area contributed by atoms with E-state index >= 15 is 0 Å². The van der Waals surface area contributed by atoms with Crippen molar-refractivity contribution in [2.24, 2.45) is 0 Å². The Hall–Kier alpha value is -2.69. The lowest BCUT2D eigenvalue weighted by molar-refractivity contribution is 0.124. The van der Waals surface area contributed by atoms with Gasteiger partial charge in [-0.1, -0.05) is 54.6 Å². The van der Waals surface area contributed by atoms with Gasteiger partial charge in [0.1, 0.15) is 11.6 Å². The van der Waals surface area contributed by atoms with E-state index in [-0.39, 0.29) is 12.0 Å². The highest BCUT2D eigenvalue weighted by molar-refractivity contribution is 5.31. The Morgan fingerprint density at radius 3 is 2.07 bits per heavy atom. The predicted molar refractivity (Wildman–Crippen MR) is 119 cm³/mol. The van der Waals surface area contributed by atoms with Gasteiger partial charge in [0.15, 0.2) is 0 Å². The fourth-order valence-corrected chi connectivity index (χ4v) is 4.24. The quantitative estimate of drug-likeness (QED) is 0.513. The molecule has 1 atom stereocenters. The number of benzene rings is 3. The molecule has 0 spiro atoms. The summed E-state index contributed by atoms with van der Waals surface area (Å²) in [6, 6.07) is 24.0. The highest BCUT2D eigenvalue weighted by Crippen LogP contribution is 2.34. The first kappa shape index (κ1) is 20.6. The van der Waals surface area contributed by atoms with Crippen LogP contribution in [-0.2, 0) is 13.1 Å². The Kier molecular flexibility index (Phi) is 6.46. The van der Waals surface area contributed by atoms with E-state index in [1.165, 1.54) is 16.7 Å². The SMILES string of the molecule is CCOc1ccc(C2N(Cc3ccccc3C)CCN2Cc2ccccc2F)cc1. The molecule has 156 valence electrons. The number of rotatable bonds is 7. The van der Waals surface area contributed by atoms with Crippen LogP contribution in [0.25, 0.3) is 0 Å². The topological polar surface area (TPSA) is 15.7 Å². The molecule has 0 N–H and O–H groups in total. The van der Waals surface area contributed by atoms with Crippen LogP contribution in [0.15, 0.2) is 72.8 Å². The van der Waals surface area contributed by atoms with Crippen molar-refractivity contribution in [1.82, 2.24) is 9.80 Å². The fraction of sp³-hybridized carbons (Fsp3) is 0.308. The van der Waals surface area contributed by atoms with Gasteiger partial charge in [0.2, 0.25) is 0 Å². The van der Waals surface area contributed by atoms with Gasteiger partial charge in [-0.05, 0) is 48.7 Å². The van der Waals surface area contributed by atoms with E-state index in [9.17, 15) is 4.39 Å². The first-order chi connectivity index (χ1) is 14.7. The molecule has 1 fully saturated rings. The second-order valence-corrected chi connectivity index (χ2v) is 7.83. The van der Waals surface area contributed by atoms with Crippen LogP contribution >= 0.6 is 0 Å². The Bertz CT molecular complexity index is 917. The molecule has 3 aromatic rings. The average molecular weight is 405 g/mol. The molecule has 0 bridgehead atoms. The van der Waals surface area contributed by atoms with E-state index in [4.69, 9.17) is 4.74 Å². The maximum absolute atomic E-state index is 14.4. The second kappa shape index (κ2) is 9.41. The molecule has 4 rings (SSSR count). The van der Waals surface area contributed by atoms with Gasteiger partial charge in [0, 0.05) is 31.7 Å². The number of hydrogen-bond acceptors (Lipinski definition) is 3. The summed E-state index contributed by atoms with van der Waals surface area (Å²) >= 11 is 0. The van der Waals surface area contributed by atoms with Gasteiger partial charge >= 0.3 is 0 Å². The van der Waals surface area contributed by atoms with Crippen LogP contribution < -0.4 is 4.74 Å². The van der Waals surface area contributed by atoms with Crippen molar-refractivity contribution in [3.8, 4) is 5.75 Å². The number of hydrogen-bond donors (Lipinski definition) is 0. The molecule has 0 saturated carbocycles. The van der Waals surface area contributed by atoms with Crippen molar-refractivity contribution in [3.63, 3.8) is 0 Å². The van der Waals surface area contributed by atoms with E-state index in [1.54, 1.807) is 12.1 Å². The lowest BCUT2D eigenvalue weighted by Crippen LogP contribution is -2.31. The molecule has 3 aromatic carbocycles. The standard InChI is InChI=1S/C26H29FN2O/c1-3-30-24-14-12-21(13-15-24)26-28(18-22-9-5-4-8-20(22)2)16-17-29(26)19-23-10-6-7-11-25(23)27/h4-15,26H,3,16-19H2,1-2H3. The zero-order valence-corrected chi connectivity index (χ0v) is 17.7. The molecular formula is C26H29FN2O. The minimum absolute atomic E-state index is 0.0971. The van der Waals surface area contributed by atoms with Gasteiger partial charge in [-0.2, -0.15) is 0 Å². The smallest absolute Gasteiger partial charge is 0.127 e. The van der Waals surface area contributed by atoms with Crippen molar-refractivity contribution in [2.75, 3.05) is 19.7 Å². The van der Waals surface area contributed by atoms with E-state index in [2.05, 4.69) is 53.1 Å². The molecule has 0 aliphatic carbocycles. The molecule has 1 aliphatic rings. The number of aryl methyl sites for hydroxylation is 1. The van der Waals surface area contributed by atoms with E-state index in [0.29, 0.717) is 13.2 Å². The van der Waals surface area contributed by atoms with Gasteiger partial charge in [-0.3, -0.25) is 9.80 Å². The highest BCUT2D eigenvalue weighted by atomic mass is 19.1. The molecule has 3 nitrogen and oxygen atoms in total. The van der Waals surface area contributed by atoms with E-state index < -0.39 is 0 Å². The Labute approximate surface area is 178 Å². The molecule has 1 saturated heterocycles. The normalized spacial score (nSPS) is 17.4. The maximum atomic E-state index is 14.4. The second-order valence-electron chi connectivity index (χ2n) is 7.83. The molecule has 4 heteroatoms. The lowest BCUT2D eigenvalue weighted by atomic mass is 10.1. The lowest BCUT2D eigenvalue weighted by Gasteiger charge is -2.31. The monoisotopic (exact) mass is 404 g/mol. The summed E-state index contributed by atoms with van der Waals surface area (Å²) in [4.78, 5) is 4.85. The van der Waals surface area contributed by atoms with Crippen molar-refractivity contribution in [2.45, 2.75) is 33.1 Å². The van der Waals surface area contributed by atoms with Crippen LogP contribution in [0.1, 0.15) is 35.3 Å². The molecule has 0 aromatic heterocycles. The molecule has 1 heterocycles. The highest BCUT2D eigenvalue weighted by Gasteiger charge is 2.33. The Balaban J connectivity index is 1.62. The molecule has 1 unspecified atom stereocenters. The summed E-state index contributed by atoms with van der Waals surface area (Å²) in [5.41, 5.74) is 4.59. The van der Waals surface area contributed by atoms with Crippen molar-refractivity contribution < 1.29 is 9.13 Å². The van der Waals surface area contributed by atoms with Crippen LogP contribution in [0, 0.1) is 12.7 Å². The van der Waals surface area contributed by atoms with Gasteiger partial charge in [0.05, 0.1) is 12.8 Å². The minimum Gasteiger partial charge on any atom is -0.494 e. The van der Waals surface area contributed by atoms with Crippen LogP contribution in [-0.4, -0.2) is 29.5 Å². The number of ether oxygens (including phenoxy) is 1. The van der Waals surface area contributed by atoms with Gasteiger partial charge in [0.25, 0.3) is 0 Å². The number of halogens is 1. The largest absolute Gasteiger partial charge is 0.494 e. The summed E-state index contributed by atoms with van der Waals surface area (Å²) in [6.45, 7) is 8.12. The van der Waals surface area contributed by atoms with Crippen LogP contribution in [0.3, 0.4) is 0 Å². The van der Waals surface area contributed by atoms with Gasteiger partial charge in [-0.15, -0.1) is 0 Å². The van der Waals surface area contributed by atoms with Crippen LogP contribution in [0.5, 0.6) is 5.75 Å². The zero-order chi connectivity index (χ0) is 20.9. The average Bonchev–Trinajstić information content (AvgIpc) is 3.14. The van der Waals surface area contributed by atoms with Gasteiger partial charge < -0.3 is 4.74 Å². The molecule has 0 radical (unpaired) electrons. The van der Waals surface area contributed by atoms with E-state index in [1.807, 2.05) is 31.2 Å². The van der Waals surface area contributed by atoms with Gasteiger partial charge in [-0.25, -0.2) is 4.39 Å². The first-order valence-corrected chi connectivity index (χ1v) is 10.6. The van der Waals surface area contributed by atoms with Crippen molar-refractivity contribution in [1.29, 1.82) is 0 Å². The minimum atomic E-state index is -0.139. The maximum Gasteiger partial charge on any atom is 0.127 e. The summed E-state index contributed by atoms with van der Waals surface area (Å²) < 4.78 is 20.0. The third kappa shape index (κ3) is 4.55. The molecular weight excluding hydrogens is 375 g/mol. The zero-order valence-electron chi connectivity index (χ0n) is 17.7. The number of nitrogens with zero attached hydrogens (tertiary/aromatic N) is 2. The van der Waals surface area contributed by atoms with E-state index in [0.717, 1.165) is 30.9 Å². The Morgan fingerprint density at radius 2 is 1.43 bits per heavy atom. The van der Waals surface area contributed by atoms with Crippen molar-refractivity contribution >= 4 is 0 Å².